The maximum atomic E-state index is 11.9. The van der Waals surface area contributed by atoms with Gasteiger partial charge in [0, 0.05) is 31.9 Å². The number of aryl methyl sites for hydroxylation is 2. The van der Waals surface area contributed by atoms with Crippen molar-refractivity contribution in [2.24, 2.45) is 5.73 Å². The summed E-state index contributed by atoms with van der Waals surface area (Å²) in [7, 11) is 2.09. The molecule has 1 aromatic carbocycles. The van der Waals surface area contributed by atoms with E-state index in [1.807, 2.05) is 47.9 Å². The molecule has 5 rings (SSSR count). The minimum Gasteiger partial charge on any atom is -0.370 e. The molecule has 4 aromatic rings. The number of rotatable bonds is 5. The molecule has 7 heteroatoms. The van der Waals surface area contributed by atoms with E-state index in [4.69, 9.17) is 15.7 Å². The van der Waals surface area contributed by atoms with E-state index < -0.39 is 5.91 Å². The Morgan fingerprint density at radius 1 is 1.12 bits per heavy atom. The summed E-state index contributed by atoms with van der Waals surface area (Å²) >= 11 is 0. The van der Waals surface area contributed by atoms with Crippen LogP contribution >= 0.6 is 0 Å². The molecule has 7 nitrogen and oxygen atoms in total. The predicted octanol–water partition coefficient (Wildman–Crippen LogP) is 3.80. The summed E-state index contributed by atoms with van der Waals surface area (Å²) in [6.45, 7) is 3.67. The van der Waals surface area contributed by atoms with Gasteiger partial charge in [-0.25, -0.2) is 9.97 Å². The molecule has 3 N–H and O–H groups in total. The highest BCUT2D eigenvalue weighted by Gasteiger charge is 2.24. The molecule has 1 amide bonds. The van der Waals surface area contributed by atoms with Gasteiger partial charge in [0.05, 0.1) is 11.2 Å². The second-order valence-electron chi connectivity index (χ2n) is 8.27. The van der Waals surface area contributed by atoms with E-state index in [-0.39, 0.29) is 0 Å². The first-order valence-corrected chi connectivity index (χ1v) is 10.8. The van der Waals surface area contributed by atoms with Crippen molar-refractivity contribution in [1.82, 2.24) is 14.4 Å². The zero-order chi connectivity index (χ0) is 22.2. The number of carbonyl (C=O) groups excluding carboxylic acids is 1. The summed E-state index contributed by atoms with van der Waals surface area (Å²) in [5.41, 5.74) is 12.1. The van der Waals surface area contributed by atoms with Crippen LogP contribution in [-0.4, -0.2) is 33.9 Å². The van der Waals surface area contributed by atoms with Crippen molar-refractivity contribution >= 4 is 22.9 Å². The van der Waals surface area contributed by atoms with Gasteiger partial charge in [-0.2, -0.15) is 0 Å². The Bertz CT molecular complexity index is 1310. The lowest BCUT2D eigenvalue weighted by molar-refractivity contribution is 0.0994. The Labute approximate surface area is 186 Å². The fourth-order valence-electron chi connectivity index (χ4n) is 4.50. The summed E-state index contributed by atoms with van der Waals surface area (Å²) in [4.78, 5) is 24.1. The van der Waals surface area contributed by atoms with Crippen molar-refractivity contribution in [1.29, 1.82) is 0 Å². The molecule has 162 valence electrons. The fraction of sp³-hybridized carbons (Fsp3) is 0.240. The summed E-state index contributed by atoms with van der Waals surface area (Å²) in [5.74, 6) is 1.03. The molecule has 1 aliphatic rings. The third kappa shape index (κ3) is 3.45. The molecule has 0 radical (unpaired) electrons. The number of nitrogens with one attached hydrogen (secondary N) is 1. The molecular weight excluding hydrogens is 400 g/mol. The molecule has 0 saturated heterocycles. The number of benzene rings is 1. The molecule has 0 bridgehead atoms. The summed E-state index contributed by atoms with van der Waals surface area (Å²) in [6, 6.07) is 15.8. The molecule has 0 atom stereocenters. The monoisotopic (exact) mass is 426 g/mol. The van der Waals surface area contributed by atoms with E-state index in [9.17, 15) is 4.79 Å². The number of nitrogens with zero attached hydrogens (tertiary/aromatic N) is 4. The molecule has 0 aliphatic carbocycles. The lowest BCUT2D eigenvalue weighted by Gasteiger charge is -2.29. The first-order chi connectivity index (χ1) is 15.5. The molecule has 0 spiro atoms. The minimum absolute atomic E-state index is 0.442. The molecule has 0 saturated carbocycles. The SMILES string of the molecule is Cc1cn2c(C(N)=O)cccc2c1-c1nc2c(c(NCc3ccccc3)n1)N(C)CCC2. The van der Waals surface area contributed by atoms with Crippen molar-refractivity contribution < 1.29 is 4.79 Å². The first-order valence-electron chi connectivity index (χ1n) is 10.8. The summed E-state index contributed by atoms with van der Waals surface area (Å²) in [5, 5.41) is 3.55. The van der Waals surface area contributed by atoms with Gasteiger partial charge in [-0.3, -0.25) is 4.79 Å². The highest BCUT2D eigenvalue weighted by molar-refractivity contribution is 5.94. The number of hydrogen-bond donors (Lipinski definition) is 2. The Balaban J connectivity index is 1.65. The van der Waals surface area contributed by atoms with Gasteiger partial charge < -0.3 is 20.4 Å². The van der Waals surface area contributed by atoms with E-state index in [2.05, 4.69) is 29.4 Å². The van der Waals surface area contributed by atoms with Crippen molar-refractivity contribution in [3.8, 4) is 11.4 Å². The highest BCUT2D eigenvalue weighted by Crippen LogP contribution is 2.36. The number of primary amides is 1. The van der Waals surface area contributed by atoms with Gasteiger partial charge >= 0.3 is 0 Å². The van der Waals surface area contributed by atoms with Crippen molar-refractivity contribution in [2.75, 3.05) is 23.8 Å². The fourth-order valence-corrected chi connectivity index (χ4v) is 4.50. The van der Waals surface area contributed by atoms with Crippen LogP contribution in [0.4, 0.5) is 11.5 Å². The molecule has 0 fully saturated rings. The second-order valence-corrected chi connectivity index (χ2v) is 8.27. The molecule has 0 unspecified atom stereocenters. The van der Waals surface area contributed by atoms with Crippen LogP contribution in [0.3, 0.4) is 0 Å². The number of amides is 1. The van der Waals surface area contributed by atoms with Crippen molar-refractivity contribution in [3.63, 3.8) is 0 Å². The van der Waals surface area contributed by atoms with Crippen LogP contribution in [0.15, 0.2) is 54.7 Å². The number of fused-ring (bicyclic) bond motifs is 2. The highest BCUT2D eigenvalue weighted by atomic mass is 16.1. The maximum absolute atomic E-state index is 11.9. The summed E-state index contributed by atoms with van der Waals surface area (Å²) in [6.07, 6.45) is 3.89. The molecule has 1 aliphatic heterocycles. The van der Waals surface area contributed by atoms with E-state index in [1.165, 1.54) is 5.56 Å². The van der Waals surface area contributed by atoms with Crippen LogP contribution in [0.2, 0.25) is 0 Å². The lowest BCUT2D eigenvalue weighted by atomic mass is 10.1. The number of hydrogen-bond acceptors (Lipinski definition) is 5. The zero-order valence-corrected chi connectivity index (χ0v) is 18.3. The van der Waals surface area contributed by atoms with E-state index in [0.29, 0.717) is 18.1 Å². The van der Waals surface area contributed by atoms with Crippen LogP contribution in [0.1, 0.15) is 33.7 Å². The van der Waals surface area contributed by atoms with Gasteiger partial charge in [-0.15, -0.1) is 0 Å². The topological polar surface area (TPSA) is 88.5 Å². The quantitative estimate of drug-likeness (QED) is 0.507. The lowest BCUT2D eigenvalue weighted by Crippen LogP contribution is -2.27. The van der Waals surface area contributed by atoms with Crippen LogP contribution in [0.5, 0.6) is 0 Å². The van der Waals surface area contributed by atoms with Crippen LogP contribution < -0.4 is 16.0 Å². The number of carbonyl (C=O) groups is 1. The summed E-state index contributed by atoms with van der Waals surface area (Å²) < 4.78 is 1.83. The van der Waals surface area contributed by atoms with E-state index >= 15 is 0 Å². The molecular formula is C25H26N6O. The smallest absolute Gasteiger partial charge is 0.265 e. The van der Waals surface area contributed by atoms with Crippen LogP contribution in [0.25, 0.3) is 16.9 Å². The van der Waals surface area contributed by atoms with Gasteiger partial charge in [-0.1, -0.05) is 36.4 Å². The van der Waals surface area contributed by atoms with Gasteiger partial charge in [0.1, 0.15) is 11.4 Å². The average Bonchev–Trinajstić information content (AvgIpc) is 3.13. The zero-order valence-electron chi connectivity index (χ0n) is 18.3. The third-order valence-corrected chi connectivity index (χ3v) is 6.02. The first kappa shape index (κ1) is 20.1. The average molecular weight is 427 g/mol. The van der Waals surface area contributed by atoms with E-state index in [0.717, 1.165) is 53.2 Å². The maximum Gasteiger partial charge on any atom is 0.265 e. The Kier molecular flexibility index (Phi) is 5.01. The standard InChI is InChI=1S/C25H26N6O/c1-16-15-31-19(11-6-12-20(31)23(26)32)21(16)24-28-18-10-7-13-30(2)22(18)25(29-24)27-14-17-8-4-3-5-9-17/h3-6,8-9,11-12,15H,7,10,13-14H2,1-2H3,(H2,26,32)(H,27,28,29). The van der Waals surface area contributed by atoms with Crippen molar-refractivity contribution in [2.45, 2.75) is 26.3 Å². The number of nitrogens with two attached hydrogens (primary N) is 1. The number of aromatic nitrogens is 3. The van der Waals surface area contributed by atoms with Crippen LogP contribution in [0, 0.1) is 6.92 Å². The van der Waals surface area contributed by atoms with Crippen LogP contribution in [-0.2, 0) is 13.0 Å². The Hall–Kier alpha value is -3.87. The molecule has 3 aromatic heterocycles. The molecule has 4 heterocycles. The largest absolute Gasteiger partial charge is 0.370 e. The Morgan fingerprint density at radius 2 is 1.94 bits per heavy atom. The van der Waals surface area contributed by atoms with Gasteiger partial charge in [0.2, 0.25) is 0 Å². The molecule has 32 heavy (non-hydrogen) atoms. The number of pyridine rings is 1. The second kappa shape index (κ2) is 8.00. The predicted molar refractivity (Wildman–Crippen MR) is 127 cm³/mol. The third-order valence-electron chi connectivity index (χ3n) is 6.02. The van der Waals surface area contributed by atoms with Gasteiger partial charge in [0.25, 0.3) is 5.91 Å². The van der Waals surface area contributed by atoms with E-state index in [1.54, 1.807) is 6.07 Å². The van der Waals surface area contributed by atoms with Gasteiger partial charge in [-0.05, 0) is 43.0 Å². The van der Waals surface area contributed by atoms with Crippen molar-refractivity contribution in [3.05, 3.63) is 77.2 Å². The van der Waals surface area contributed by atoms with Gasteiger partial charge in [0.15, 0.2) is 11.6 Å². The minimum atomic E-state index is -0.463. The Morgan fingerprint density at radius 3 is 2.72 bits per heavy atom. The normalized spacial score (nSPS) is 13.2. The number of anilines is 2.